The lowest BCUT2D eigenvalue weighted by molar-refractivity contribution is 0.675. The van der Waals surface area contributed by atoms with Crippen LogP contribution in [0.5, 0.6) is 0 Å². The summed E-state index contributed by atoms with van der Waals surface area (Å²) in [6.07, 6.45) is 2.91. The van der Waals surface area contributed by atoms with Gasteiger partial charge in [0, 0.05) is 18.1 Å². The molecule has 0 saturated heterocycles. The first kappa shape index (κ1) is 8.99. The summed E-state index contributed by atoms with van der Waals surface area (Å²) in [4.78, 5) is 4.12. The van der Waals surface area contributed by atoms with Crippen LogP contribution in [0.25, 0.3) is 0 Å². The molecule has 4 nitrogen and oxygen atoms in total. The van der Waals surface area contributed by atoms with Gasteiger partial charge in [-0.2, -0.15) is 0 Å². The highest BCUT2D eigenvalue weighted by molar-refractivity contribution is 7.92. The summed E-state index contributed by atoms with van der Waals surface area (Å²) in [5.74, 6) is 0.267. The molecule has 66 valence electrons. The predicted octanol–water partition coefficient (Wildman–Crippen LogP) is 1.09. The number of nitrogens with two attached hydrogens (primary N) is 1. The van der Waals surface area contributed by atoms with E-state index in [1.54, 1.807) is 13.0 Å². The van der Waals surface area contributed by atoms with Crippen LogP contribution in [0.1, 0.15) is 6.92 Å². The fraction of sp³-hybridized carbons (Fsp3) is 0.286. The van der Waals surface area contributed by atoms with Gasteiger partial charge in [0.2, 0.25) is 0 Å². The van der Waals surface area contributed by atoms with Gasteiger partial charge >= 0.3 is 0 Å². The number of nitrogens with zero attached hydrogens (tertiary/aromatic N) is 1. The van der Waals surface area contributed by atoms with Gasteiger partial charge in [0.15, 0.2) is 0 Å². The molecule has 1 aromatic heterocycles. The number of aromatic nitrogens is 1. The molecule has 0 aliphatic carbocycles. The van der Waals surface area contributed by atoms with Crippen molar-refractivity contribution in [2.24, 2.45) is 0 Å². The van der Waals surface area contributed by atoms with Gasteiger partial charge in [0.05, 0.1) is 20.3 Å². The van der Waals surface area contributed by atoms with Crippen molar-refractivity contribution in [1.82, 2.24) is 4.98 Å². The first-order valence-corrected chi connectivity index (χ1v) is 5.26. The average molecular weight is 185 g/mol. The van der Waals surface area contributed by atoms with Crippen LogP contribution in [0.2, 0.25) is 0 Å². The maximum absolute atomic E-state index is 11.5. The Bertz CT molecular complexity index is 372. The first-order valence-electron chi connectivity index (χ1n) is 3.54. The van der Waals surface area contributed by atoms with Crippen molar-refractivity contribution in [3.05, 3.63) is 18.5 Å². The highest BCUT2D eigenvalue weighted by Gasteiger charge is 2.10. The Labute approximate surface area is 71.8 Å². The van der Waals surface area contributed by atoms with Crippen LogP contribution in [0, 0.1) is 4.78 Å². The lowest BCUT2D eigenvalue weighted by Gasteiger charge is -2.05. The molecule has 0 aromatic carbocycles. The minimum Gasteiger partial charge on any atom is -0.398 e. The quantitative estimate of drug-likeness (QED) is 0.723. The molecule has 12 heavy (non-hydrogen) atoms. The number of nitrogen functional groups attached to an aromatic ring is 1. The number of anilines is 1. The van der Waals surface area contributed by atoms with E-state index in [-0.39, 0.29) is 5.75 Å². The molecule has 0 spiro atoms. The van der Waals surface area contributed by atoms with Gasteiger partial charge in [0.25, 0.3) is 0 Å². The number of hydrogen-bond acceptors (Lipinski definition) is 4. The zero-order chi connectivity index (χ0) is 9.19. The molecular formula is C7H11N3OS. The first-order chi connectivity index (χ1) is 5.58. The molecule has 1 heterocycles. The molecular weight excluding hydrogens is 174 g/mol. The number of pyridine rings is 1. The van der Waals surface area contributed by atoms with Gasteiger partial charge < -0.3 is 5.73 Å². The van der Waals surface area contributed by atoms with Crippen LogP contribution in [0.15, 0.2) is 23.4 Å². The van der Waals surface area contributed by atoms with Crippen molar-refractivity contribution in [2.75, 3.05) is 11.5 Å². The van der Waals surface area contributed by atoms with Crippen LogP contribution in [0.3, 0.4) is 0 Å². The Morgan fingerprint density at radius 3 is 2.92 bits per heavy atom. The average Bonchev–Trinajstić information content (AvgIpc) is 2.05. The van der Waals surface area contributed by atoms with Gasteiger partial charge in [-0.1, -0.05) is 6.92 Å². The second-order valence-corrected chi connectivity index (χ2v) is 4.75. The minimum atomic E-state index is -2.72. The van der Waals surface area contributed by atoms with Crippen molar-refractivity contribution in [1.29, 1.82) is 4.78 Å². The molecule has 0 saturated carbocycles. The molecule has 1 aromatic rings. The highest BCUT2D eigenvalue weighted by Crippen LogP contribution is 2.17. The summed E-state index contributed by atoms with van der Waals surface area (Å²) in [5.41, 5.74) is 5.92. The summed E-state index contributed by atoms with van der Waals surface area (Å²) >= 11 is 0. The smallest absolute Gasteiger partial charge is 0.0884 e. The van der Waals surface area contributed by atoms with E-state index in [0.717, 1.165) is 0 Å². The monoisotopic (exact) mass is 185 g/mol. The van der Waals surface area contributed by atoms with Crippen LogP contribution in [-0.4, -0.2) is 14.9 Å². The fourth-order valence-corrected chi connectivity index (χ4v) is 1.81. The predicted molar refractivity (Wildman–Crippen MR) is 48.3 cm³/mol. The van der Waals surface area contributed by atoms with Crippen molar-refractivity contribution in [3.8, 4) is 0 Å². The zero-order valence-corrected chi connectivity index (χ0v) is 7.60. The van der Waals surface area contributed by atoms with Crippen molar-refractivity contribution < 1.29 is 4.21 Å². The number of nitrogens with one attached hydrogen (secondary N) is 1. The molecule has 0 aliphatic heterocycles. The molecule has 1 unspecified atom stereocenters. The van der Waals surface area contributed by atoms with Crippen molar-refractivity contribution >= 4 is 15.4 Å². The van der Waals surface area contributed by atoms with Gasteiger partial charge in [0.1, 0.15) is 0 Å². The molecule has 0 amide bonds. The summed E-state index contributed by atoms with van der Waals surface area (Å²) in [6.45, 7) is 1.70. The van der Waals surface area contributed by atoms with Crippen molar-refractivity contribution in [2.45, 2.75) is 11.8 Å². The number of rotatable bonds is 2. The van der Waals surface area contributed by atoms with E-state index in [9.17, 15) is 4.21 Å². The third-order valence-electron chi connectivity index (χ3n) is 1.58. The fourth-order valence-electron chi connectivity index (χ4n) is 0.822. The Kier molecular flexibility index (Phi) is 2.32. The molecule has 0 fully saturated rings. The van der Waals surface area contributed by atoms with Crippen LogP contribution in [-0.2, 0) is 9.73 Å². The molecule has 0 radical (unpaired) electrons. The van der Waals surface area contributed by atoms with E-state index in [0.29, 0.717) is 10.6 Å². The summed E-state index contributed by atoms with van der Waals surface area (Å²) in [6, 6.07) is 1.55. The second kappa shape index (κ2) is 3.10. The molecule has 5 heteroatoms. The highest BCUT2D eigenvalue weighted by atomic mass is 32.2. The Balaban J connectivity index is 3.30. The van der Waals surface area contributed by atoms with Gasteiger partial charge in [-0.3, -0.25) is 4.98 Å². The second-order valence-electron chi connectivity index (χ2n) is 2.38. The standard InChI is InChI=1S/C7H11N3OS/c1-2-12(9,11)7-5-10-4-3-6(7)8/h3-5,9H,2H2,1H3,(H2,8,10). The molecule has 0 bridgehead atoms. The third kappa shape index (κ3) is 1.55. The summed E-state index contributed by atoms with van der Waals surface area (Å²) in [5, 5.41) is 0. The Morgan fingerprint density at radius 2 is 2.42 bits per heavy atom. The van der Waals surface area contributed by atoms with Crippen LogP contribution in [0.4, 0.5) is 5.69 Å². The largest absolute Gasteiger partial charge is 0.398 e. The molecule has 1 rings (SSSR count). The normalized spacial score (nSPS) is 15.4. The van der Waals surface area contributed by atoms with E-state index in [2.05, 4.69) is 4.98 Å². The van der Waals surface area contributed by atoms with E-state index < -0.39 is 9.73 Å². The lowest BCUT2D eigenvalue weighted by atomic mass is 10.4. The van der Waals surface area contributed by atoms with E-state index >= 15 is 0 Å². The lowest BCUT2D eigenvalue weighted by Crippen LogP contribution is -2.05. The molecule has 0 aliphatic rings. The maximum Gasteiger partial charge on any atom is 0.0884 e. The van der Waals surface area contributed by atoms with Gasteiger partial charge in [-0.05, 0) is 6.07 Å². The minimum absolute atomic E-state index is 0.267. The Morgan fingerprint density at radius 1 is 1.75 bits per heavy atom. The topological polar surface area (TPSA) is 79.8 Å². The van der Waals surface area contributed by atoms with Gasteiger partial charge in [-0.25, -0.2) is 8.99 Å². The molecule has 3 N–H and O–H groups in total. The summed E-state index contributed by atoms with van der Waals surface area (Å²) in [7, 11) is -2.72. The summed E-state index contributed by atoms with van der Waals surface area (Å²) < 4.78 is 19.0. The van der Waals surface area contributed by atoms with Crippen LogP contribution >= 0.6 is 0 Å². The van der Waals surface area contributed by atoms with E-state index in [4.69, 9.17) is 10.5 Å². The van der Waals surface area contributed by atoms with E-state index in [1.165, 1.54) is 12.4 Å². The SMILES string of the molecule is CCS(=N)(=O)c1cnccc1N. The van der Waals surface area contributed by atoms with Crippen LogP contribution < -0.4 is 5.73 Å². The third-order valence-corrected chi connectivity index (χ3v) is 3.44. The maximum atomic E-state index is 11.5. The molecule has 1 atom stereocenters. The number of hydrogen-bond donors (Lipinski definition) is 2. The zero-order valence-electron chi connectivity index (χ0n) is 6.78. The van der Waals surface area contributed by atoms with E-state index in [1.807, 2.05) is 0 Å². The van der Waals surface area contributed by atoms with Crippen molar-refractivity contribution in [3.63, 3.8) is 0 Å². The Hall–Kier alpha value is -1.10. The van der Waals surface area contributed by atoms with Gasteiger partial charge in [-0.15, -0.1) is 0 Å².